The van der Waals surface area contributed by atoms with E-state index in [2.05, 4.69) is 10.6 Å². The van der Waals surface area contributed by atoms with Crippen LogP contribution in [0.1, 0.15) is 31.1 Å². The van der Waals surface area contributed by atoms with Gasteiger partial charge in [0.25, 0.3) is 5.91 Å². The van der Waals surface area contributed by atoms with Crippen molar-refractivity contribution in [2.45, 2.75) is 38.5 Å². The third-order valence-corrected chi connectivity index (χ3v) is 4.18. The standard InChI is InChI=1S/C18H26ClN3O4/c1-18(2,3)26-17(25)21-8-9-22(14-10-20-11-15(14)23)16(24)12-4-6-13(19)7-5-12/h4-7,14-15,20,23H,8-11H2,1-3H3,(H,21,25). The molecule has 0 aliphatic carbocycles. The lowest BCUT2D eigenvalue weighted by atomic mass is 10.1. The average Bonchev–Trinajstić information content (AvgIpc) is 2.96. The van der Waals surface area contributed by atoms with Gasteiger partial charge in [0, 0.05) is 36.8 Å². The summed E-state index contributed by atoms with van der Waals surface area (Å²) in [5.74, 6) is -0.222. The summed E-state index contributed by atoms with van der Waals surface area (Å²) in [5.41, 5.74) is -0.111. The molecule has 2 atom stereocenters. The summed E-state index contributed by atoms with van der Waals surface area (Å²) < 4.78 is 5.19. The molecule has 1 aromatic carbocycles. The number of alkyl carbamates (subject to hydrolysis) is 1. The lowest BCUT2D eigenvalue weighted by Crippen LogP contribution is -2.50. The summed E-state index contributed by atoms with van der Waals surface area (Å²) in [5, 5.41) is 16.4. The van der Waals surface area contributed by atoms with Gasteiger partial charge in [-0.2, -0.15) is 0 Å². The Labute approximate surface area is 158 Å². The number of rotatable bonds is 5. The summed E-state index contributed by atoms with van der Waals surface area (Å²) in [4.78, 5) is 26.3. The minimum atomic E-state index is -0.659. The van der Waals surface area contributed by atoms with Crippen molar-refractivity contribution in [2.24, 2.45) is 0 Å². The maximum Gasteiger partial charge on any atom is 0.407 e. The Morgan fingerprint density at radius 1 is 1.31 bits per heavy atom. The van der Waals surface area contributed by atoms with Crippen LogP contribution in [0.5, 0.6) is 0 Å². The summed E-state index contributed by atoms with van der Waals surface area (Å²) in [6.07, 6.45) is -1.20. The fourth-order valence-corrected chi connectivity index (χ4v) is 2.86. The van der Waals surface area contributed by atoms with Crippen LogP contribution in [0.25, 0.3) is 0 Å². The van der Waals surface area contributed by atoms with Crippen molar-refractivity contribution < 1.29 is 19.4 Å². The zero-order valence-electron chi connectivity index (χ0n) is 15.3. The Balaban J connectivity index is 2.03. The van der Waals surface area contributed by atoms with E-state index in [1.54, 1.807) is 49.9 Å². The Morgan fingerprint density at radius 2 is 1.96 bits per heavy atom. The number of hydrogen-bond donors (Lipinski definition) is 3. The van der Waals surface area contributed by atoms with Gasteiger partial charge in [-0.05, 0) is 45.0 Å². The van der Waals surface area contributed by atoms with Gasteiger partial charge in [-0.3, -0.25) is 4.79 Å². The molecule has 1 aliphatic rings. The molecule has 1 aliphatic heterocycles. The molecule has 1 heterocycles. The first-order chi connectivity index (χ1) is 12.2. The van der Waals surface area contributed by atoms with Crippen LogP contribution in [0.2, 0.25) is 5.02 Å². The van der Waals surface area contributed by atoms with E-state index in [1.165, 1.54) is 0 Å². The maximum absolute atomic E-state index is 12.9. The van der Waals surface area contributed by atoms with Crippen LogP contribution in [-0.4, -0.2) is 65.9 Å². The van der Waals surface area contributed by atoms with Crippen molar-refractivity contribution in [3.05, 3.63) is 34.9 Å². The zero-order valence-corrected chi connectivity index (χ0v) is 16.0. The summed E-state index contributed by atoms with van der Waals surface area (Å²) in [6.45, 7) is 6.74. The smallest absolute Gasteiger partial charge is 0.407 e. The van der Waals surface area contributed by atoms with Crippen molar-refractivity contribution in [1.29, 1.82) is 0 Å². The molecular formula is C18H26ClN3O4. The second kappa shape index (κ2) is 8.70. The zero-order chi connectivity index (χ0) is 19.3. The molecule has 0 radical (unpaired) electrons. The van der Waals surface area contributed by atoms with E-state index in [1.807, 2.05) is 0 Å². The third kappa shape index (κ3) is 5.86. The van der Waals surface area contributed by atoms with Crippen molar-refractivity contribution in [3.8, 4) is 0 Å². The van der Waals surface area contributed by atoms with Crippen LogP contribution in [0, 0.1) is 0 Å². The Morgan fingerprint density at radius 3 is 2.50 bits per heavy atom. The molecule has 3 N–H and O–H groups in total. The van der Waals surface area contributed by atoms with Crippen LogP contribution >= 0.6 is 11.6 Å². The van der Waals surface area contributed by atoms with Gasteiger partial charge < -0.3 is 25.4 Å². The number of β-amino-alcohol motifs (C(OH)–C–C–N with tert-alkyl or cyclic N) is 1. The number of nitrogens with zero attached hydrogens (tertiary/aromatic N) is 1. The minimum Gasteiger partial charge on any atom is -0.444 e. The quantitative estimate of drug-likeness (QED) is 0.719. The number of halogens is 1. The van der Waals surface area contributed by atoms with E-state index in [0.29, 0.717) is 23.7 Å². The molecule has 0 spiro atoms. The second-order valence-electron chi connectivity index (χ2n) is 7.23. The number of aliphatic hydroxyl groups excluding tert-OH is 1. The fourth-order valence-electron chi connectivity index (χ4n) is 2.74. The summed E-state index contributed by atoms with van der Waals surface area (Å²) in [6, 6.07) is 6.23. The molecule has 2 rings (SSSR count). The van der Waals surface area contributed by atoms with Crippen molar-refractivity contribution in [3.63, 3.8) is 0 Å². The van der Waals surface area contributed by atoms with Crippen LogP contribution in [0.3, 0.4) is 0 Å². The lowest BCUT2D eigenvalue weighted by Gasteiger charge is -2.31. The van der Waals surface area contributed by atoms with Gasteiger partial charge in [-0.25, -0.2) is 4.79 Å². The van der Waals surface area contributed by atoms with E-state index in [4.69, 9.17) is 16.3 Å². The number of nitrogens with one attached hydrogen (secondary N) is 2. The predicted octanol–water partition coefficient (Wildman–Crippen LogP) is 1.64. The summed E-state index contributed by atoms with van der Waals surface area (Å²) in [7, 11) is 0. The summed E-state index contributed by atoms with van der Waals surface area (Å²) >= 11 is 5.88. The molecule has 8 heteroatoms. The molecule has 26 heavy (non-hydrogen) atoms. The number of benzene rings is 1. The highest BCUT2D eigenvalue weighted by Gasteiger charge is 2.33. The van der Waals surface area contributed by atoms with Crippen molar-refractivity contribution in [2.75, 3.05) is 26.2 Å². The van der Waals surface area contributed by atoms with Gasteiger partial charge in [0.1, 0.15) is 5.60 Å². The number of hydrogen-bond acceptors (Lipinski definition) is 5. The van der Waals surface area contributed by atoms with Crippen LogP contribution in [-0.2, 0) is 4.74 Å². The largest absolute Gasteiger partial charge is 0.444 e. The molecule has 1 saturated heterocycles. The second-order valence-corrected chi connectivity index (χ2v) is 7.66. The molecule has 0 aromatic heterocycles. The molecule has 2 unspecified atom stereocenters. The first kappa shape index (κ1) is 20.5. The predicted molar refractivity (Wildman–Crippen MR) is 99.4 cm³/mol. The number of carbonyl (C=O) groups is 2. The Hall–Kier alpha value is -1.83. The molecule has 1 fully saturated rings. The molecular weight excluding hydrogens is 358 g/mol. The average molecular weight is 384 g/mol. The molecule has 2 amide bonds. The van der Waals surface area contributed by atoms with Crippen LogP contribution in [0.4, 0.5) is 4.79 Å². The van der Waals surface area contributed by atoms with E-state index in [-0.39, 0.29) is 25.0 Å². The van der Waals surface area contributed by atoms with Gasteiger partial charge >= 0.3 is 6.09 Å². The van der Waals surface area contributed by atoms with E-state index < -0.39 is 17.8 Å². The number of aliphatic hydroxyl groups is 1. The van der Waals surface area contributed by atoms with Crippen molar-refractivity contribution >= 4 is 23.6 Å². The molecule has 0 bridgehead atoms. The highest BCUT2D eigenvalue weighted by molar-refractivity contribution is 6.30. The molecule has 1 aromatic rings. The lowest BCUT2D eigenvalue weighted by molar-refractivity contribution is 0.0447. The van der Waals surface area contributed by atoms with E-state index >= 15 is 0 Å². The van der Waals surface area contributed by atoms with E-state index in [0.717, 1.165) is 0 Å². The molecule has 7 nitrogen and oxygen atoms in total. The number of carbonyl (C=O) groups excluding carboxylic acids is 2. The van der Waals surface area contributed by atoms with Gasteiger partial charge in [0.05, 0.1) is 12.1 Å². The monoisotopic (exact) mass is 383 g/mol. The van der Waals surface area contributed by atoms with Crippen molar-refractivity contribution in [1.82, 2.24) is 15.5 Å². The fraction of sp³-hybridized carbons (Fsp3) is 0.556. The van der Waals surface area contributed by atoms with E-state index in [9.17, 15) is 14.7 Å². The highest BCUT2D eigenvalue weighted by Crippen LogP contribution is 2.16. The highest BCUT2D eigenvalue weighted by atomic mass is 35.5. The van der Waals surface area contributed by atoms with Gasteiger partial charge in [-0.1, -0.05) is 11.6 Å². The van der Waals surface area contributed by atoms with Crippen LogP contribution < -0.4 is 10.6 Å². The van der Waals surface area contributed by atoms with Gasteiger partial charge in [-0.15, -0.1) is 0 Å². The first-order valence-corrected chi connectivity index (χ1v) is 8.97. The number of ether oxygens (including phenoxy) is 1. The van der Waals surface area contributed by atoms with Gasteiger partial charge in [0.15, 0.2) is 0 Å². The molecule has 144 valence electrons. The van der Waals surface area contributed by atoms with Gasteiger partial charge in [0.2, 0.25) is 0 Å². The maximum atomic E-state index is 12.9. The third-order valence-electron chi connectivity index (χ3n) is 3.92. The Kier molecular flexibility index (Phi) is 6.86. The van der Waals surface area contributed by atoms with Crippen LogP contribution in [0.15, 0.2) is 24.3 Å². The topological polar surface area (TPSA) is 90.9 Å². The SMILES string of the molecule is CC(C)(C)OC(=O)NCCN(C(=O)c1ccc(Cl)cc1)C1CNCC1O. The first-order valence-electron chi connectivity index (χ1n) is 8.59. The minimum absolute atomic E-state index is 0.220. The normalized spacial score (nSPS) is 19.9. The Bertz CT molecular complexity index is 630. The number of amides is 2. The molecule has 0 saturated carbocycles.